The van der Waals surface area contributed by atoms with Gasteiger partial charge in [-0.15, -0.1) is 25.6 Å². The molecule has 0 saturated carbocycles. The van der Waals surface area contributed by atoms with E-state index in [1.165, 1.54) is 55.6 Å². The van der Waals surface area contributed by atoms with E-state index >= 15 is 0 Å². The van der Waals surface area contributed by atoms with Crippen molar-refractivity contribution in [2.24, 2.45) is 30.7 Å². The number of methoxy groups -OCH3 is 1. The summed E-state index contributed by atoms with van der Waals surface area (Å²) in [6.45, 7) is 0. The third kappa shape index (κ3) is 9.89. The maximum atomic E-state index is 12.8. The lowest BCUT2D eigenvalue weighted by molar-refractivity contribution is 0.416. The molecule has 0 fully saturated rings. The Hall–Kier alpha value is -7.62. The fourth-order valence-electron chi connectivity index (χ4n) is 6.89. The molecule has 0 amide bonds. The van der Waals surface area contributed by atoms with Crippen molar-refractivity contribution < 1.29 is 61.7 Å². The second kappa shape index (κ2) is 17.9. The number of nitrogens with zero attached hydrogens (tertiary/aromatic N) is 6. The van der Waals surface area contributed by atoms with Crippen molar-refractivity contribution >= 4 is 118 Å². The van der Waals surface area contributed by atoms with Gasteiger partial charge in [0, 0.05) is 44.4 Å². The van der Waals surface area contributed by atoms with Gasteiger partial charge in [0.1, 0.15) is 22.0 Å². The number of para-hydroxylation sites is 1. The van der Waals surface area contributed by atoms with Crippen LogP contribution in [0.5, 0.6) is 11.5 Å². The van der Waals surface area contributed by atoms with Crippen molar-refractivity contribution in [1.29, 1.82) is 0 Å². The average molecular weight is 998 g/mol. The smallest absolute Gasteiger partial charge is 0.296 e. The highest BCUT2D eigenvalue weighted by Gasteiger charge is 2.24. The van der Waals surface area contributed by atoms with Gasteiger partial charge in [-0.3, -0.25) is 18.2 Å². The van der Waals surface area contributed by atoms with Gasteiger partial charge in [0.25, 0.3) is 40.5 Å². The minimum Gasteiger partial charge on any atom is -0.505 e. The van der Waals surface area contributed by atoms with Crippen molar-refractivity contribution in [3.05, 3.63) is 133 Å². The number of anilines is 2. The summed E-state index contributed by atoms with van der Waals surface area (Å²) in [7, 11) is -17.9. The first-order chi connectivity index (χ1) is 32.1. The molecule has 346 valence electrons. The van der Waals surface area contributed by atoms with Gasteiger partial charge in [-0.25, -0.2) is 0 Å². The number of nitrogens with one attached hydrogen (secondary N) is 1. The van der Waals surface area contributed by atoms with Gasteiger partial charge in [0.15, 0.2) is 5.75 Å². The molecule has 0 spiro atoms. The first kappa shape index (κ1) is 46.9. The van der Waals surface area contributed by atoms with Crippen molar-refractivity contribution in [3.8, 4) is 11.5 Å². The number of fused-ring (bicyclic) bond motifs is 3. The Balaban J connectivity index is 1.24. The van der Waals surface area contributed by atoms with E-state index in [9.17, 15) is 57.0 Å². The summed E-state index contributed by atoms with van der Waals surface area (Å²) in [5, 5.41) is 40.4. The molecule has 21 nitrogen and oxygen atoms in total. The van der Waals surface area contributed by atoms with Crippen LogP contribution in [0.3, 0.4) is 0 Å². The standard InChI is InChI=1S/C43H31N7O14S4/c1-64-39-23-38(48-47-37-18-17-36(32-15-12-29(21-34(32)37)66(55,56)57)46-45-26-7-10-28(11-8-26)65(52,53)54)35-22-30(67(58,59)60)13-16-33(35)41(39)49-50-42-40(68(61,62)63)20-24-19-27(9-14-31(24)43(42)51)44-25-5-3-2-4-6-25/h2-23,44,51H,1H3,(H,52,53,54)(H,55,56,57)(H,58,59,60)(H,61,62,63). The molecular weight excluding hydrogens is 967 g/mol. The summed E-state index contributed by atoms with van der Waals surface area (Å²) >= 11 is 0. The average Bonchev–Trinajstić information content (AvgIpc) is 3.28. The summed E-state index contributed by atoms with van der Waals surface area (Å²) < 4.78 is 143. The van der Waals surface area contributed by atoms with Crippen LogP contribution < -0.4 is 10.1 Å². The van der Waals surface area contributed by atoms with Crippen LogP contribution in [0, 0.1) is 0 Å². The quantitative estimate of drug-likeness (QED) is 0.0462. The zero-order chi connectivity index (χ0) is 48.8. The number of hydrogen-bond acceptors (Lipinski definition) is 17. The molecule has 8 aromatic carbocycles. The molecule has 0 atom stereocenters. The van der Waals surface area contributed by atoms with Gasteiger partial charge in [-0.2, -0.15) is 38.8 Å². The zero-order valence-electron chi connectivity index (χ0n) is 34.4. The summed E-state index contributed by atoms with van der Waals surface area (Å²) in [5.74, 6) is -0.780. The second-order valence-electron chi connectivity index (χ2n) is 14.5. The van der Waals surface area contributed by atoms with E-state index in [1.54, 1.807) is 24.3 Å². The minimum absolute atomic E-state index is 0.0174. The maximum absolute atomic E-state index is 12.8. The SMILES string of the molecule is COc1cc(N=Nc2ccc(N=Nc3ccc(S(=O)(=O)O)cc3)c3ccc(S(=O)(=O)O)cc23)c2cc(S(=O)(=O)O)ccc2c1N=Nc1c(S(=O)(=O)O)cc2cc(Nc3ccccc3)ccc2c1O. The van der Waals surface area contributed by atoms with E-state index in [0.29, 0.717) is 5.69 Å². The number of phenols is 1. The van der Waals surface area contributed by atoms with E-state index in [0.717, 1.165) is 48.2 Å². The zero-order valence-corrected chi connectivity index (χ0v) is 37.7. The molecule has 6 N–H and O–H groups in total. The van der Waals surface area contributed by atoms with Crippen molar-refractivity contribution in [2.75, 3.05) is 12.4 Å². The van der Waals surface area contributed by atoms with Crippen LogP contribution in [-0.2, 0) is 40.5 Å². The molecule has 0 aliphatic heterocycles. The van der Waals surface area contributed by atoms with Gasteiger partial charge < -0.3 is 15.2 Å². The first-order valence-corrected chi connectivity index (χ1v) is 24.9. The van der Waals surface area contributed by atoms with Gasteiger partial charge in [-0.1, -0.05) is 30.3 Å². The Bertz CT molecular complexity index is 3930. The molecule has 8 rings (SSSR count). The van der Waals surface area contributed by atoms with E-state index in [-0.39, 0.29) is 71.4 Å². The third-order valence-electron chi connectivity index (χ3n) is 10.1. The predicted octanol–water partition coefficient (Wildman–Crippen LogP) is 10.8. The Morgan fingerprint density at radius 3 is 1.57 bits per heavy atom. The van der Waals surface area contributed by atoms with Crippen molar-refractivity contribution in [3.63, 3.8) is 0 Å². The molecule has 0 radical (unpaired) electrons. The van der Waals surface area contributed by atoms with Crippen LogP contribution in [0.15, 0.2) is 184 Å². The molecule has 0 bridgehead atoms. The molecule has 8 aromatic rings. The van der Waals surface area contributed by atoms with Gasteiger partial charge in [-0.05, 0) is 102 Å². The molecule has 0 unspecified atom stereocenters. The highest BCUT2D eigenvalue weighted by atomic mass is 32.2. The van der Waals surface area contributed by atoms with Crippen LogP contribution in [0.2, 0.25) is 0 Å². The molecule has 0 aliphatic rings. The Kier molecular flexibility index (Phi) is 12.3. The Morgan fingerprint density at radius 1 is 0.441 bits per heavy atom. The number of hydrogen-bond donors (Lipinski definition) is 6. The summed E-state index contributed by atoms with van der Waals surface area (Å²) in [5.41, 5.74) is 0.608. The highest BCUT2D eigenvalue weighted by Crippen LogP contribution is 2.47. The molecular formula is C43H31N7O14S4. The maximum Gasteiger partial charge on any atom is 0.296 e. The Morgan fingerprint density at radius 2 is 0.971 bits per heavy atom. The number of ether oxygens (including phenoxy) is 1. The number of aromatic hydroxyl groups is 1. The van der Waals surface area contributed by atoms with Crippen LogP contribution in [0.4, 0.5) is 45.5 Å². The summed E-state index contributed by atoms with van der Waals surface area (Å²) in [6, 6.07) is 30.3. The van der Waals surface area contributed by atoms with Gasteiger partial charge >= 0.3 is 0 Å². The number of azo groups is 3. The van der Waals surface area contributed by atoms with E-state index in [1.807, 2.05) is 18.2 Å². The summed E-state index contributed by atoms with van der Waals surface area (Å²) in [4.78, 5) is -2.32. The van der Waals surface area contributed by atoms with Gasteiger partial charge in [0.2, 0.25) is 0 Å². The van der Waals surface area contributed by atoms with Crippen LogP contribution >= 0.6 is 0 Å². The van der Waals surface area contributed by atoms with E-state index in [2.05, 4.69) is 36.0 Å². The van der Waals surface area contributed by atoms with Crippen molar-refractivity contribution in [1.82, 2.24) is 0 Å². The minimum atomic E-state index is -5.07. The fraction of sp³-hybridized carbons (Fsp3) is 0.0233. The fourth-order valence-corrected chi connectivity index (χ4v) is 9.04. The lowest BCUT2D eigenvalue weighted by atomic mass is 10.1. The molecule has 0 aromatic heterocycles. The monoisotopic (exact) mass is 997 g/mol. The molecule has 25 heteroatoms. The number of rotatable bonds is 13. The normalized spacial score (nSPS) is 12.8. The molecule has 68 heavy (non-hydrogen) atoms. The molecule has 0 saturated heterocycles. The van der Waals surface area contributed by atoms with Crippen LogP contribution in [-0.4, -0.2) is 64.1 Å². The topological polar surface area (TPSA) is 333 Å². The molecule has 0 heterocycles. The van der Waals surface area contributed by atoms with Crippen LogP contribution in [0.25, 0.3) is 32.3 Å². The molecule has 0 aliphatic carbocycles. The van der Waals surface area contributed by atoms with Crippen molar-refractivity contribution in [2.45, 2.75) is 19.6 Å². The number of phenolic OH excluding ortho intramolecular Hbond substituents is 1. The van der Waals surface area contributed by atoms with Crippen LogP contribution in [0.1, 0.15) is 0 Å². The predicted molar refractivity (Wildman–Crippen MR) is 248 cm³/mol. The van der Waals surface area contributed by atoms with E-state index < -0.39 is 66.6 Å². The second-order valence-corrected chi connectivity index (χ2v) is 20.1. The van der Waals surface area contributed by atoms with Gasteiger partial charge in [0.05, 0.1) is 44.5 Å². The highest BCUT2D eigenvalue weighted by molar-refractivity contribution is 7.86. The lowest BCUT2D eigenvalue weighted by Gasteiger charge is -2.13. The first-order valence-electron chi connectivity index (χ1n) is 19.2. The summed E-state index contributed by atoms with van der Waals surface area (Å²) in [6.07, 6.45) is 0. The van der Waals surface area contributed by atoms with E-state index in [4.69, 9.17) is 4.74 Å². The largest absolute Gasteiger partial charge is 0.505 e. The third-order valence-corrected chi connectivity index (χ3v) is 13.5. The number of benzene rings is 8. The Labute approximate surface area is 385 Å². The lowest BCUT2D eigenvalue weighted by Crippen LogP contribution is -1.99.